The van der Waals surface area contributed by atoms with Gasteiger partial charge in [0.05, 0.1) is 19.6 Å². The molecule has 1 atom stereocenters. The van der Waals surface area contributed by atoms with Crippen LogP contribution in [0.1, 0.15) is 11.7 Å². The summed E-state index contributed by atoms with van der Waals surface area (Å²) in [6.07, 6.45) is 1.43. The highest BCUT2D eigenvalue weighted by molar-refractivity contribution is 5.75. The minimum Gasteiger partial charge on any atom is -0.472 e. The van der Waals surface area contributed by atoms with Gasteiger partial charge in [-0.05, 0) is 6.07 Å². The summed E-state index contributed by atoms with van der Waals surface area (Å²) < 4.78 is 8.97. The molecule has 1 unspecified atom stereocenters. The van der Waals surface area contributed by atoms with E-state index in [1.807, 2.05) is 0 Å². The molecule has 4 heteroatoms. The van der Waals surface area contributed by atoms with Gasteiger partial charge in [-0.15, -0.1) is 0 Å². The van der Waals surface area contributed by atoms with Crippen molar-refractivity contribution < 1.29 is 19.1 Å². The zero-order chi connectivity index (χ0) is 8.27. The van der Waals surface area contributed by atoms with Crippen molar-refractivity contribution in [1.29, 1.82) is 0 Å². The van der Waals surface area contributed by atoms with Crippen molar-refractivity contribution in [1.82, 2.24) is 0 Å². The number of aliphatic hydroxyl groups excluding tert-OH is 1. The molecule has 0 aliphatic rings. The average Bonchev–Trinajstić information content (AvgIpc) is 2.53. The molecule has 60 valence electrons. The molecule has 0 aliphatic carbocycles. The van der Waals surface area contributed by atoms with Crippen molar-refractivity contribution in [2.75, 3.05) is 7.11 Å². The van der Waals surface area contributed by atoms with Crippen LogP contribution in [0.2, 0.25) is 0 Å². The van der Waals surface area contributed by atoms with Crippen LogP contribution in [-0.4, -0.2) is 18.2 Å². The molecule has 0 saturated carbocycles. The summed E-state index contributed by atoms with van der Waals surface area (Å²) in [7, 11) is 1.21. The Kier molecular flexibility index (Phi) is 2.28. The van der Waals surface area contributed by atoms with E-state index in [1.165, 1.54) is 25.7 Å². The number of rotatable bonds is 2. The lowest BCUT2D eigenvalue weighted by molar-refractivity contribution is -0.150. The molecular weight excluding hydrogens is 148 g/mol. The van der Waals surface area contributed by atoms with Gasteiger partial charge in [0, 0.05) is 5.56 Å². The number of hydrogen-bond donors (Lipinski definition) is 1. The van der Waals surface area contributed by atoms with E-state index in [1.54, 1.807) is 0 Å². The molecule has 0 aliphatic heterocycles. The molecule has 1 rings (SSSR count). The summed E-state index contributed by atoms with van der Waals surface area (Å²) in [6.45, 7) is 0. The first-order valence-corrected chi connectivity index (χ1v) is 3.03. The van der Waals surface area contributed by atoms with Gasteiger partial charge in [0.25, 0.3) is 0 Å². The number of methoxy groups -OCH3 is 1. The maximum atomic E-state index is 10.7. The third-order valence-corrected chi connectivity index (χ3v) is 1.28. The van der Waals surface area contributed by atoms with Crippen molar-refractivity contribution in [3.8, 4) is 0 Å². The van der Waals surface area contributed by atoms with Gasteiger partial charge >= 0.3 is 5.97 Å². The van der Waals surface area contributed by atoms with Gasteiger partial charge in [0.15, 0.2) is 6.10 Å². The normalized spacial score (nSPS) is 12.5. The molecule has 1 aromatic rings. The molecule has 0 saturated heterocycles. The summed E-state index contributed by atoms with van der Waals surface area (Å²) in [5.41, 5.74) is 0.400. The van der Waals surface area contributed by atoms with Gasteiger partial charge in [-0.3, -0.25) is 0 Å². The summed E-state index contributed by atoms with van der Waals surface area (Å²) in [5.74, 6) is -0.689. The minimum atomic E-state index is -1.24. The fraction of sp³-hybridized carbons (Fsp3) is 0.286. The Bertz CT molecular complexity index is 227. The molecule has 1 heterocycles. The number of furan rings is 1. The van der Waals surface area contributed by atoms with Gasteiger partial charge in [0.2, 0.25) is 0 Å². The van der Waals surface area contributed by atoms with Crippen LogP contribution < -0.4 is 0 Å². The molecule has 11 heavy (non-hydrogen) atoms. The largest absolute Gasteiger partial charge is 0.472 e. The van der Waals surface area contributed by atoms with E-state index in [-0.39, 0.29) is 0 Å². The lowest BCUT2D eigenvalue weighted by Crippen LogP contribution is -2.12. The maximum absolute atomic E-state index is 10.7. The first-order chi connectivity index (χ1) is 5.25. The second-order valence-electron chi connectivity index (χ2n) is 1.98. The highest BCUT2D eigenvalue weighted by atomic mass is 16.5. The number of carbonyl (C=O) groups is 1. The van der Waals surface area contributed by atoms with Gasteiger partial charge in [-0.25, -0.2) is 4.79 Å². The lowest BCUT2D eigenvalue weighted by atomic mass is 10.2. The number of esters is 1. The van der Waals surface area contributed by atoms with Crippen LogP contribution in [0.5, 0.6) is 0 Å². The zero-order valence-electron chi connectivity index (χ0n) is 5.98. The molecule has 1 aromatic heterocycles. The third-order valence-electron chi connectivity index (χ3n) is 1.28. The van der Waals surface area contributed by atoms with Crippen LogP contribution in [0.25, 0.3) is 0 Å². The fourth-order valence-corrected chi connectivity index (χ4v) is 0.678. The van der Waals surface area contributed by atoms with Crippen LogP contribution >= 0.6 is 0 Å². The summed E-state index contributed by atoms with van der Waals surface area (Å²) in [6, 6.07) is 1.50. The van der Waals surface area contributed by atoms with E-state index < -0.39 is 12.1 Å². The van der Waals surface area contributed by atoms with Crippen LogP contribution in [0.15, 0.2) is 23.0 Å². The zero-order valence-corrected chi connectivity index (χ0v) is 5.98. The molecule has 0 bridgehead atoms. The maximum Gasteiger partial charge on any atom is 0.339 e. The molecule has 0 fully saturated rings. The molecule has 4 nitrogen and oxygen atoms in total. The minimum absolute atomic E-state index is 0.400. The standard InChI is InChI=1S/C7H8O4/c1-10-7(9)6(8)5-2-3-11-4-5/h2-4,6,8H,1H3. The Balaban J connectivity index is 2.70. The second-order valence-corrected chi connectivity index (χ2v) is 1.98. The van der Waals surface area contributed by atoms with Crippen LogP contribution in [0.3, 0.4) is 0 Å². The van der Waals surface area contributed by atoms with Crippen molar-refractivity contribution in [3.05, 3.63) is 24.2 Å². The molecular formula is C7H8O4. The van der Waals surface area contributed by atoms with Crippen molar-refractivity contribution >= 4 is 5.97 Å². The first-order valence-electron chi connectivity index (χ1n) is 3.03. The monoisotopic (exact) mass is 156 g/mol. The van der Waals surface area contributed by atoms with E-state index >= 15 is 0 Å². The van der Waals surface area contributed by atoms with Gasteiger partial charge in [0.1, 0.15) is 0 Å². The lowest BCUT2D eigenvalue weighted by Gasteiger charge is -2.03. The Hall–Kier alpha value is -1.29. The smallest absolute Gasteiger partial charge is 0.339 e. The Morgan fingerprint density at radius 2 is 2.55 bits per heavy atom. The predicted molar refractivity (Wildman–Crippen MR) is 35.7 cm³/mol. The van der Waals surface area contributed by atoms with Crippen LogP contribution in [0.4, 0.5) is 0 Å². The van der Waals surface area contributed by atoms with Gasteiger partial charge in [-0.1, -0.05) is 0 Å². The van der Waals surface area contributed by atoms with Crippen molar-refractivity contribution in [2.45, 2.75) is 6.10 Å². The number of carbonyl (C=O) groups excluding carboxylic acids is 1. The van der Waals surface area contributed by atoms with E-state index in [2.05, 4.69) is 9.15 Å². The number of hydrogen-bond acceptors (Lipinski definition) is 4. The average molecular weight is 156 g/mol. The van der Waals surface area contributed by atoms with E-state index in [4.69, 9.17) is 5.11 Å². The van der Waals surface area contributed by atoms with Crippen LogP contribution in [0, 0.1) is 0 Å². The Morgan fingerprint density at radius 1 is 1.82 bits per heavy atom. The molecule has 0 spiro atoms. The second kappa shape index (κ2) is 3.21. The van der Waals surface area contributed by atoms with E-state index in [0.717, 1.165) is 0 Å². The fourth-order valence-electron chi connectivity index (χ4n) is 0.678. The molecule has 0 amide bonds. The van der Waals surface area contributed by atoms with Gasteiger partial charge in [-0.2, -0.15) is 0 Å². The summed E-state index contributed by atoms with van der Waals surface area (Å²) >= 11 is 0. The summed E-state index contributed by atoms with van der Waals surface area (Å²) in [4.78, 5) is 10.7. The first kappa shape index (κ1) is 7.81. The van der Waals surface area contributed by atoms with Crippen molar-refractivity contribution in [2.24, 2.45) is 0 Å². The van der Waals surface area contributed by atoms with Crippen molar-refractivity contribution in [3.63, 3.8) is 0 Å². The van der Waals surface area contributed by atoms with Crippen LogP contribution in [-0.2, 0) is 9.53 Å². The highest BCUT2D eigenvalue weighted by Crippen LogP contribution is 2.13. The SMILES string of the molecule is COC(=O)C(O)c1ccoc1. The highest BCUT2D eigenvalue weighted by Gasteiger charge is 2.18. The summed E-state index contributed by atoms with van der Waals surface area (Å²) in [5, 5.41) is 9.14. The third kappa shape index (κ3) is 1.59. The molecule has 0 radical (unpaired) electrons. The van der Waals surface area contributed by atoms with Gasteiger partial charge < -0.3 is 14.3 Å². The molecule has 1 N–H and O–H groups in total. The number of ether oxygens (including phenoxy) is 1. The quantitative estimate of drug-likeness (QED) is 0.633. The Labute approximate surface area is 63.4 Å². The van der Waals surface area contributed by atoms with E-state index in [0.29, 0.717) is 5.56 Å². The molecule has 0 aromatic carbocycles. The predicted octanol–water partition coefficient (Wildman–Crippen LogP) is 0.486. The van der Waals surface area contributed by atoms with E-state index in [9.17, 15) is 4.79 Å². The number of aliphatic hydroxyl groups is 1. The Morgan fingerprint density at radius 3 is 3.00 bits per heavy atom. The topological polar surface area (TPSA) is 59.7 Å².